The van der Waals surface area contributed by atoms with Crippen molar-refractivity contribution in [3.8, 4) is 0 Å². The summed E-state index contributed by atoms with van der Waals surface area (Å²) in [6.07, 6.45) is 6.51. The fourth-order valence-corrected chi connectivity index (χ4v) is 1.10. The van der Waals surface area contributed by atoms with Gasteiger partial charge in [-0.3, -0.25) is 0 Å². The first-order valence-electron chi connectivity index (χ1n) is 3.17. The SMILES string of the molecule is CC1=CC=CC(C)(O)C1. The van der Waals surface area contributed by atoms with E-state index < -0.39 is 5.60 Å². The highest BCUT2D eigenvalue weighted by Gasteiger charge is 2.17. The Bertz CT molecular complexity index is 163. The summed E-state index contributed by atoms with van der Waals surface area (Å²) in [4.78, 5) is 0. The van der Waals surface area contributed by atoms with Crippen LogP contribution < -0.4 is 0 Å². The van der Waals surface area contributed by atoms with Crippen molar-refractivity contribution in [3.05, 3.63) is 23.8 Å². The van der Waals surface area contributed by atoms with Crippen LogP contribution in [0.5, 0.6) is 0 Å². The van der Waals surface area contributed by atoms with E-state index in [1.165, 1.54) is 5.57 Å². The minimum Gasteiger partial charge on any atom is -0.386 e. The number of rotatable bonds is 0. The van der Waals surface area contributed by atoms with Gasteiger partial charge in [0.1, 0.15) is 0 Å². The van der Waals surface area contributed by atoms with Crippen molar-refractivity contribution in [3.63, 3.8) is 0 Å². The molecule has 0 heterocycles. The van der Waals surface area contributed by atoms with E-state index in [0.717, 1.165) is 6.42 Å². The van der Waals surface area contributed by atoms with E-state index in [4.69, 9.17) is 0 Å². The molecule has 1 N–H and O–H groups in total. The largest absolute Gasteiger partial charge is 0.386 e. The van der Waals surface area contributed by atoms with Gasteiger partial charge in [-0.05, 0) is 13.8 Å². The molecule has 0 spiro atoms. The molecule has 1 aliphatic carbocycles. The Balaban J connectivity index is 2.73. The van der Waals surface area contributed by atoms with Crippen molar-refractivity contribution in [1.29, 1.82) is 0 Å². The van der Waals surface area contributed by atoms with Gasteiger partial charge in [0.05, 0.1) is 5.60 Å². The van der Waals surface area contributed by atoms with Crippen LogP contribution in [0, 0.1) is 0 Å². The molecule has 0 saturated heterocycles. The van der Waals surface area contributed by atoms with E-state index >= 15 is 0 Å². The monoisotopic (exact) mass is 124 g/mol. The molecule has 0 amide bonds. The van der Waals surface area contributed by atoms with Crippen LogP contribution >= 0.6 is 0 Å². The molecule has 1 rings (SSSR count). The molecule has 50 valence electrons. The first-order valence-corrected chi connectivity index (χ1v) is 3.17. The molecule has 1 heteroatoms. The topological polar surface area (TPSA) is 20.2 Å². The molecule has 1 atom stereocenters. The average Bonchev–Trinajstić information content (AvgIpc) is 1.60. The van der Waals surface area contributed by atoms with E-state index in [2.05, 4.69) is 0 Å². The number of allylic oxidation sites excluding steroid dienone is 2. The molecular weight excluding hydrogens is 112 g/mol. The third kappa shape index (κ3) is 1.68. The third-order valence-electron chi connectivity index (χ3n) is 1.47. The van der Waals surface area contributed by atoms with Crippen LogP contribution in [0.3, 0.4) is 0 Å². The predicted octanol–water partition coefficient (Wildman–Crippen LogP) is 1.64. The zero-order chi connectivity index (χ0) is 6.91. The molecule has 1 nitrogen and oxygen atoms in total. The Kier molecular flexibility index (Phi) is 1.45. The average molecular weight is 124 g/mol. The smallest absolute Gasteiger partial charge is 0.0839 e. The van der Waals surface area contributed by atoms with Gasteiger partial charge in [0, 0.05) is 6.42 Å². The zero-order valence-corrected chi connectivity index (χ0v) is 5.89. The van der Waals surface area contributed by atoms with Crippen LogP contribution in [-0.2, 0) is 0 Å². The summed E-state index contributed by atoms with van der Waals surface area (Å²) in [5.74, 6) is 0. The first-order chi connectivity index (χ1) is 4.10. The summed E-state index contributed by atoms with van der Waals surface area (Å²) in [7, 11) is 0. The summed E-state index contributed by atoms with van der Waals surface area (Å²) in [6.45, 7) is 3.85. The maximum atomic E-state index is 9.42. The van der Waals surface area contributed by atoms with Gasteiger partial charge in [-0.25, -0.2) is 0 Å². The lowest BCUT2D eigenvalue weighted by atomic mass is 9.93. The molecule has 0 aromatic heterocycles. The maximum Gasteiger partial charge on any atom is 0.0839 e. The van der Waals surface area contributed by atoms with Crippen LogP contribution in [0.2, 0.25) is 0 Å². The van der Waals surface area contributed by atoms with E-state index in [9.17, 15) is 5.11 Å². The second-order valence-electron chi connectivity index (χ2n) is 2.91. The van der Waals surface area contributed by atoms with Gasteiger partial charge in [0.15, 0.2) is 0 Å². The van der Waals surface area contributed by atoms with Crippen LogP contribution in [0.15, 0.2) is 23.8 Å². The lowest BCUT2D eigenvalue weighted by Crippen LogP contribution is -2.22. The second-order valence-corrected chi connectivity index (χ2v) is 2.91. The molecule has 0 aromatic rings. The van der Waals surface area contributed by atoms with Gasteiger partial charge in [-0.1, -0.05) is 23.8 Å². The molecule has 0 radical (unpaired) electrons. The Morgan fingerprint density at radius 3 is 2.67 bits per heavy atom. The zero-order valence-electron chi connectivity index (χ0n) is 5.89. The molecule has 1 unspecified atom stereocenters. The summed E-state index contributed by atoms with van der Waals surface area (Å²) in [6, 6.07) is 0. The molecule has 0 bridgehead atoms. The van der Waals surface area contributed by atoms with E-state index in [1.54, 1.807) is 0 Å². The van der Waals surface area contributed by atoms with Crippen molar-refractivity contribution in [2.24, 2.45) is 0 Å². The number of hydrogen-bond acceptors (Lipinski definition) is 1. The summed E-state index contributed by atoms with van der Waals surface area (Å²) < 4.78 is 0. The van der Waals surface area contributed by atoms with E-state index in [0.29, 0.717) is 0 Å². The fraction of sp³-hybridized carbons (Fsp3) is 0.500. The first kappa shape index (κ1) is 6.56. The highest BCUT2D eigenvalue weighted by molar-refractivity contribution is 5.22. The summed E-state index contributed by atoms with van der Waals surface area (Å²) in [5.41, 5.74) is 0.640. The Hall–Kier alpha value is -0.560. The van der Waals surface area contributed by atoms with Crippen molar-refractivity contribution < 1.29 is 5.11 Å². The molecule has 1 aliphatic rings. The van der Waals surface area contributed by atoms with Gasteiger partial charge in [0.2, 0.25) is 0 Å². The van der Waals surface area contributed by atoms with Gasteiger partial charge >= 0.3 is 0 Å². The maximum absolute atomic E-state index is 9.42. The van der Waals surface area contributed by atoms with E-state index in [-0.39, 0.29) is 0 Å². The van der Waals surface area contributed by atoms with E-state index in [1.807, 2.05) is 32.1 Å². The molecular formula is C8H12O. The lowest BCUT2D eigenvalue weighted by Gasteiger charge is -2.21. The normalized spacial score (nSPS) is 34.3. The highest BCUT2D eigenvalue weighted by Crippen LogP contribution is 2.21. The molecule has 0 aromatic carbocycles. The third-order valence-corrected chi connectivity index (χ3v) is 1.47. The van der Waals surface area contributed by atoms with Crippen LogP contribution in [0.4, 0.5) is 0 Å². The van der Waals surface area contributed by atoms with Gasteiger partial charge in [-0.2, -0.15) is 0 Å². The molecule has 9 heavy (non-hydrogen) atoms. The Morgan fingerprint density at radius 2 is 2.33 bits per heavy atom. The van der Waals surface area contributed by atoms with Crippen molar-refractivity contribution in [1.82, 2.24) is 0 Å². The number of hydrogen-bond donors (Lipinski definition) is 1. The Morgan fingerprint density at radius 1 is 1.67 bits per heavy atom. The van der Waals surface area contributed by atoms with Crippen molar-refractivity contribution in [2.75, 3.05) is 0 Å². The minimum absolute atomic E-state index is 0.598. The van der Waals surface area contributed by atoms with Gasteiger partial charge in [0.25, 0.3) is 0 Å². The number of aliphatic hydroxyl groups is 1. The second kappa shape index (κ2) is 1.99. The van der Waals surface area contributed by atoms with Crippen molar-refractivity contribution >= 4 is 0 Å². The van der Waals surface area contributed by atoms with Crippen LogP contribution in [-0.4, -0.2) is 10.7 Å². The minimum atomic E-state index is -0.598. The van der Waals surface area contributed by atoms with Gasteiger partial charge in [-0.15, -0.1) is 0 Å². The molecule has 0 saturated carbocycles. The summed E-state index contributed by atoms with van der Waals surface area (Å²) in [5, 5.41) is 9.42. The summed E-state index contributed by atoms with van der Waals surface area (Å²) >= 11 is 0. The molecule has 0 aliphatic heterocycles. The van der Waals surface area contributed by atoms with Crippen molar-refractivity contribution in [2.45, 2.75) is 25.9 Å². The van der Waals surface area contributed by atoms with Crippen LogP contribution in [0.25, 0.3) is 0 Å². The fourth-order valence-electron chi connectivity index (χ4n) is 1.10. The molecule has 0 fully saturated rings. The standard InChI is InChI=1S/C8H12O/c1-7-4-3-5-8(2,9)6-7/h3-5,9H,6H2,1-2H3. The van der Waals surface area contributed by atoms with Gasteiger partial charge < -0.3 is 5.11 Å². The quantitative estimate of drug-likeness (QED) is 0.520. The van der Waals surface area contributed by atoms with Crippen LogP contribution in [0.1, 0.15) is 20.3 Å². The lowest BCUT2D eigenvalue weighted by molar-refractivity contribution is 0.111. The Labute approximate surface area is 55.7 Å². The predicted molar refractivity (Wildman–Crippen MR) is 38.1 cm³/mol. The highest BCUT2D eigenvalue weighted by atomic mass is 16.3.